The third kappa shape index (κ3) is 1.98. The largest absolute Gasteiger partial charge is 0.456 e. The molecule has 0 saturated carbocycles. The highest BCUT2D eigenvalue weighted by atomic mass is 16.3. The molecule has 1 aromatic heterocycles. The molecule has 2 aliphatic heterocycles. The van der Waals surface area contributed by atoms with E-state index in [0.717, 1.165) is 37.3 Å². The molecule has 0 radical (unpaired) electrons. The minimum atomic E-state index is 0.171. The molecule has 1 N–H and O–H groups in total. The van der Waals surface area contributed by atoms with Gasteiger partial charge in [0.25, 0.3) is 0 Å². The van der Waals surface area contributed by atoms with Crippen molar-refractivity contribution >= 4 is 27.8 Å². The zero-order valence-electron chi connectivity index (χ0n) is 12.8. The number of carbonyl (C=O) groups excluding carboxylic acids is 1. The summed E-state index contributed by atoms with van der Waals surface area (Å²) in [4.78, 5) is 14.2. The predicted octanol–water partition coefficient (Wildman–Crippen LogP) is 2.76. The second-order valence-electron chi connectivity index (χ2n) is 6.70. The zero-order chi connectivity index (χ0) is 15.4. The molecule has 0 spiro atoms. The summed E-state index contributed by atoms with van der Waals surface area (Å²) in [5.41, 5.74) is 3.13. The molecule has 3 aromatic rings. The molecule has 2 atom stereocenters. The van der Waals surface area contributed by atoms with E-state index >= 15 is 0 Å². The van der Waals surface area contributed by atoms with Gasteiger partial charge in [0.1, 0.15) is 11.2 Å². The van der Waals surface area contributed by atoms with Crippen LogP contribution in [-0.4, -0.2) is 30.4 Å². The van der Waals surface area contributed by atoms with E-state index in [2.05, 4.69) is 34.5 Å². The van der Waals surface area contributed by atoms with Gasteiger partial charge in [0.2, 0.25) is 5.91 Å². The topological polar surface area (TPSA) is 45.5 Å². The van der Waals surface area contributed by atoms with Crippen molar-refractivity contribution in [1.82, 2.24) is 10.2 Å². The number of rotatable bonds is 2. The molecule has 23 heavy (non-hydrogen) atoms. The van der Waals surface area contributed by atoms with Crippen molar-refractivity contribution in [2.75, 3.05) is 19.6 Å². The van der Waals surface area contributed by atoms with Gasteiger partial charge in [-0.1, -0.05) is 36.4 Å². The molecule has 2 aliphatic rings. The van der Waals surface area contributed by atoms with Crippen molar-refractivity contribution in [3.63, 3.8) is 0 Å². The summed E-state index contributed by atoms with van der Waals surface area (Å²) in [6.07, 6.45) is 0. The lowest BCUT2D eigenvalue weighted by Gasteiger charge is -2.16. The van der Waals surface area contributed by atoms with Crippen molar-refractivity contribution in [3.8, 4) is 0 Å². The average molecular weight is 306 g/mol. The van der Waals surface area contributed by atoms with E-state index in [1.54, 1.807) is 0 Å². The number of carbonyl (C=O) groups is 1. The second kappa shape index (κ2) is 4.83. The first kappa shape index (κ1) is 13.1. The van der Waals surface area contributed by atoms with E-state index in [1.165, 1.54) is 16.3 Å². The molecule has 4 heteroatoms. The molecular formula is C19H18N2O2. The van der Waals surface area contributed by atoms with E-state index in [-0.39, 0.29) is 11.8 Å². The van der Waals surface area contributed by atoms with E-state index in [9.17, 15) is 4.79 Å². The number of furan rings is 1. The van der Waals surface area contributed by atoms with Crippen LogP contribution in [0.1, 0.15) is 5.56 Å². The number of hydrogen-bond donors (Lipinski definition) is 1. The fraction of sp³-hybridized carbons (Fsp3) is 0.316. The maximum atomic E-state index is 11.8. The van der Waals surface area contributed by atoms with Gasteiger partial charge in [-0.05, 0) is 6.07 Å². The molecule has 1 amide bonds. The summed E-state index contributed by atoms with van der Waals surface area (Å²) < 4.78 is 6.10. The molecular weight excluding hydrogens is 288 g/mol. The average Bonchev–Trinajstić information content (AvgIpc) is 3.22. The lowest BCUT2D eigenvalue weighted by atomic mass is 10.0. The normalized spacial score (nSPS) is 24.4. The quantitative estimate of drug-likeness (QED) is 0.792. The van der Waals surface area contributed by atoms with Gasteiger partial charge in [0.15, 0.2) is 0 Å². The highest BCUT2D eigenvalue weighted by Crippen LogP contribution is 2.33. The van der Waals surface area contributed by atoms with Crippen molar-refractivity contribution in [3.05, 3.63) is 48.0 Å². The molecule has 116 valence electrons. The number of benzene rings is 2. The van der Waals surface area contributed by atoms with Gasteiger partial charge in [-0.2, -0.15) is 0 Å². The lowest BCUT2D eigenvalue weighted by Crippen LogP contribution is -2.28. The third-order valence-electron chi connectivity index (χ3n) is 5.27. The Balaban J connectivity index is 1.50. The van der Waals surface area contributed by atoms with Gasteiger partial charge < -0.3 is 9.73 Å². The monoisotopic (exact) mass is 306 g/mol. The first-order valence-corrected chi connectivity index (χ1v) is 8.19. The molecule has 3 heterocycles. The van der Waals surface area contributed by atoms with Crippen LogP contribution in [0, 0.1) is 11.8 Å². The second-order valence-corrected chi connectivity index (χ2v) is 6.70. The van der Waals surface area contributed by atoms with Crippen LogP contribution < -0.4 is 5.32 Å². The fourth-order valence-electron chi connectivity index (χ4n) is 4.13. The first-order valence-electron chi connectivity index (χ1n) is 8.19. The Morgan fingerprint density at radius 3 is 2.87 bits per heavy atom. The summed E-state index contributed by atoms with van der Waals surface area (Å²) >= 11 is 0. The summed E-state index contributed by atoms with van der Waals surface area (Å²) in [6.45, 7) is 3.51. The minimum absolute atomic E-state index is 0.171. The smallest absolute Gasteiger partial charge is 0.224 e. The molecule has 2 aromatic carbocycles. The SMILES string of the molecule is O=C1NC[C@H]2CN(Cc3cccc4c3oc3ccccc34)C[C@@H]12. The van der Waals surface area contributed by atoms with Gasteiger partial charge in [-0.3, -0.25) is 9.69 Å². The van der Waals surface area contributed by atoms with Gasteiger partial charge >= 0.3 is 0 Å². The van der Waals surface area contributed by atoms with Crippen LogP contribution in [0.25, 0.3) is 21.9 Å². The van der Waals surface area contributed by atoms with Crippen LogP contribution in [0.2, 0.25) is 0 Å². The molecule has 0 aliphatic carbocycles. The minimum Gasteiger partial charge on any atom is -0.456 e. The van der Waals surface area contributed by atoms with E-state index < -0.39 is 0 Å². The Hall–Kier alpha value is -2.33. The van der Waals surface area contributed by atoms with Crippen LogP contribution in [0.4, 0.5) is 0 Å². The summed E-state index contributed by atoms with van der Waals surface area (Å²) in [6, 6.07) is 14.5. The Labute approximate surface area is 134 Å². The lowest BCUT2D eigenvalue weighted by molar-refractivity contribution is -0.122. The number of amides is 1. The van der Waals surface area contributed by atoms with E-state index in [4.69, 9.17) is 4.42 Å². The van der Waals surface area contributed by atoms with Gasteiger partial charge in [0, 0.05) is 48.4 Å². The van der Waals surface area contributed by atoms with Gasteiger partial charge in [-0.15, -0.1) is 0 Å². The van der Waals surface area contributed by atoms with Gasteiger partial charge in [-0.25, -0.2) is 0 Å². The van der Waals surface area contributed by atoms with Crippen molar-refractivity contribution < 1.29 is 9.21 Å². The molecule has 0 unspecified atom stereocenters. The Bertz CT molecular complexity index is 914. The standard InChI is InChI=1S/C19H18N2O2/c22-19-16-11-21(10-13(16)8-20-19)9-12-4-3-6-15-14-5-1-2-7-17(14)23-18(12)15/h1-7,13,16H,8-11H2,(H,20,22)/t13-,16+/m0/s1. The fourth-order valence-corrected chi connectivity index (χ4v) is 4.13. The van der Waals surface area contributed by atoms with Crippen LogP contribution >= 0.6 is 0 Å². The molecule has 4 nitrogen and oxygen atoms in total. The van der Waals surface area contributed by atoms with Crippen LogP contribution in [0.5, 0.6) is 0 Å². The maximum Gasteiger partial charge on any atom is 0.224 e. The van der Waals surface area contributed by atoms with Crippen LogP contribution in [-0.2, 0) is 11.3 Å². The number of fused-ring (bicyclic) bond motifs is 4. The Morgan fingerprint density at radius 1 is 1.09 bits per heavy atom. The summed E-state index contributed by atoms with van der Waals surface area (Å²) in [5, 5.41) is 5.31. The van der Waals surface area contributed by atoms with E-state index in [0.29, 0.717) is 5.92 Å². The molecule has 2 fully saturated rings. The van der Waals surface area contributed by atoms with Gasteiger partial charge in [0.05, 0.1) is 5.92 Å². The van der Waals surface area contributed by atoms with Crippen molar-refractivity contribution in [2.45, 2.75) is 6.54 Å². The molecule has 0 bridgehead atoms. The zero-order valence-corrected chi connectivity index (χ0v) is 12.8. The van der Waals surface area contributed by atoms with Crippen LogP contribution in [0.3, 0.4) is 0 Å². The number of nitrogens with zero attached hydrogens (tertiary/aromatic N) is 1. The van der Waals surface area contributed by atoms with Crippen LogP contribution in [0.15, 0.2) is 46.9 Å². The number of nitrogens with one attached hydrogen (secondary N) is 1. The Morgan fingerprint density at radius 2 is 1.96 bits per heavy atom. The first-order chi connectivity index (χ1) is 11.3. The highest BCUT2D eigenvalue weighted by Gasteiger charge is 2.41. The third-order valence-corrected chi connectivity index (χ3v) is 5.27. The van der Waals surface area contributed by atoms with Crippen molar-refractivity contribution in [1.29, 1.82) is 0 Å². The molecule has 2 saturated heterocycles. The number of likely N-dealkylation sites (tertiary alicyclic amines) is 1. The maximum absolute atomic E-state index is 11.8. The Kier molecular flexibility index (Phi) is 2.76. The summed E-state index contributed by atoms with van der Waals surface area (Å²) in [7, 11) is 0. The predicted molar refractivity (Wildman–Crippen MR) is 89.0 cm³/mol. The highest BCUT2D eigenvalue weighted by molar-refractivity contribution is 6.05. The number of hydrogen-bond acceptors (Lipinski definition) is 3. The summed E-state index contributed by atoms with van der Waals surface area (Å²) in [5.74, 6) is 0.863. The number of para-hydroxylation sites is 2. The van der Waals surface area contributed by atoms with E-state index in [1.807, 2.05) is 18.2 Å². The molecule has 5 rings (SSSR count). The van der Waals surface area contributed by atoms with Crippen molar-refractivity contribution in [2.24, 2.45) is 11.8 Å².